The molecule has 3 rings (SSSR count). The normalized spacial score (nSPS) is 11.8. The van der Waals surface area contributed by atoms with E-state index in [2.05, 4.69) is 15.3 Å². The molecule has 0 fully saturated rings. The second-order valence-electron chi connectivity index (χ2n) is 6.86. The number of hydrogen-bond donors (Lipinski definition) is 2. The van der Waals surface area contributed by atoms with Gasteiger partial charge in [-0.25, -0.2) is 4.98 Å². The first-order chi connectivity index (χ1) is 13.4. The van der Waals surface area contributed by atoms with Crippen molar-refractivity contribution in [3.05, 3.63) is 98.2 Å². The zero-order chi connectivity index (χ0) is 20.1. The number of aryl methyl sites for hydroxylation is 2. The number of carbonyl (C=O) groups is 1. The molecule has 0 aliphatic heterocycles. The quantitative estimate of drug-likeness (QED) is 0.668. The molecule has 0 aliphatic carbocycles. The van der Waals surface area contributed by atoms with E-state index in [1.54, 1.807) is 19.1 Å². The van der Waals surface area contributed by atoms with Gasteiger partial charge in [-0.2, -0.15) is 0 Å². The maximum absolute atomic E-state index is 12.7. The lowest BCUT2D eigenvalue weighted by Crippen LogP contribution is -2.31. The van der Waals surface area contributed by atoms with Crippen LogP contribution in [0.15, 0.2) is 59.4 Å². The van der Waals surface area contributed by atoms with Crippen LogP contribution < -0.4 is 10.9 Å². The van der Waals surface area contributed by atoms with Gasteiger partial charge in [-0.05, 0) is 37.1 Å². The number of aromatic amines is 1. The average Bonchev–Trinajstić information content (AvgIpc) is 2.61. The van der Waals surface area contributed by atoms with Crippen molar-refractivity contribution in [1.29, 1.82) is 0 Å². The lowest BCUT2D eigenvalue weighted by Gasteiger charge is -2.19. The first-order valence-electron chi connectivity index (χ1n) is 9.06. The van der Waals surface area contributed by atoms with Gasteiger partial charge in [-0.1, -0.05) is 53.6 Å². The minimum atomic E-state index is -0.316. The van der Waals surface area contributed by atoms with Crippen LogP contribution in [-0.2, 0) is 17.6 Å². The summed E-state index contributed by atoms with van der Waals surface area (Å²) in [6, 6.07) is 16.3. The number of aromatic nitrogens is 2. The number of amides is 1. The molecule has 0 bridgehead atoms. The van der Waals surface area contributed by atoms with Gasteiger partial charge in [0.1, 0.15) is 5.82 Å². The SMILES string of the molecule is Cc1cccc(CC(=O)NC(Cc2cc(=O)[nH]c(C)n2)c2ccc(Cl)cc2)c1. The summed E-state index contributed by atoms with van der Waals surface area (Å²) >= 11 is 6.00. The Morgan fingerprint density at radius 2 is 1.89 bits per heavy atom. The van der Waals surface area contributed by atoms with Crippen LogP contribution in [0.1, 0.15) is 34.3 Å². The Morgan fingerprint density at radius 3 is 2.57 bits per heavy atom. The Bertz CT molecular complexity index is 1030. The first-order valence-corrected chi connectivity index (χ1v) is 9.44. The van der Waals surface area contributed by atoms with Crippen molar-refractivity contribution in [2.45, 2.75) is 32.7 Å². The fourth-order valence-corrected chi connectivity index (χ4v) is 3.28. The van der Waals surface area contributed by atoms with Gasteiger partial charge >= 0.3 is 0 Å². The van der Waals surface area contributed by atoms with Gasteiger partial charge in [-0.15, -0.1) is 0 Å². The van der Waals surface area contributed by atoms with Crippen molar-refractivity contribution >= 4 is 17.5 Å². The number of benzene rings is 2. The fraction of sp³-hybridized carbons (Fsp3) is 0.227. The van der Waals surface area contributed by atoms with Crippen molar-refractivity contribution in [1.82, 2.24) is 15.3 Å². The largest absolute Gasteiger partial charge is 0.349 e. The highest BCUT2D eigenvalue weighted by Gasteiger charge is 2.17. The van der Waals surface area contributed by atoms with Gasteiger partial charge in [0.15, 0.2) is 0 Å². The van der Waals surface area contributed by atoms with Crippen LogP contribution in [0.4, 0.5) is 0 Å². The third-order valence-electron chi connectivity index (χ3n) is 4.38. The highest BCUT2D eigenvalue weighted by atomic mass is 35.5. The average molecular weight is 396 g/mol. The predicted molar refractivity (Wildman–Crippen MR) is 111 cm³/mol. The molecule has 144 valence electrons. The Kier molecular flexibility index (Phi) is 6.26. The highest BCUT2D eigenvalue weighted by Crippen LogP contribution is 2.20. The van der Waals surface area contributed by atoms with Crippen LogP contribution in [0.3, 0.4) is 0 Å². The number of carbonyl (C=O) groups excluding carboxylic acids is 1. The van der Waals surface area contributed by atoms with E-state index in [0.29, 0.717) is 23.0 Å². The summed E-state index contributed by atoms with van der Waals surface area (Å²) in [5.74, 6) is 0.454. The number of H-pyrrole nitrogens is 1. The molecular formula is C22H22ClN3O2. The Hall–Kier alpha value is -2.92. The lowest BCUT2D eigenvalue weighted by molar-refractivity contribution is -0.121. The Labute approximate surface area is 168 Å². The maximum atomic E-state index is 12.7. The summed E-state index contributed by atoms with van der Waals surface area (Å²) in [4.78, 5) is 31.5. The summed E-state index contributed by atoms with van der Waals surface area (Å²) in [6.07, 6.45) is 0.694. The number of hydrogen-bond acceptors (Lipinski definition) is 3. The summed E-state index contributed by atoms with van der Waals surface area (Å²) in [5.41, 5.74) is 3.39. The summed E-state index contributed by atoms with van der Waals surface area (Å²) in [5, 5.41) is 3.70. The fourth-order valence-electron chi connectivity index (χ4n) is 3.16. The van der Waals surface area contributed by atoms with Crippen molar-refractivity contribution in [2.24, 2.45) is 0 Å². The van der Waals surface area contributed by atoms with Crippen LogP contribution >= 0.6 is 11.6 Å². The summed E-state index contributed by atoms with van der Waals surface area (Å²) in [7, 11) is 0. The predicted octanol–water partition coefficient (Wildman–Crippen LogP) is 3.68. The second-order valence-corrected chi connectivity index (χ2v) is 7.30. The molecule has 3 aromatic rings. The van der Waals surface area contributed by atoms with Gasteiger partial charge in [0.05, 0.1) is 18.2 Å². The molecule has 1 amide bonds. The third-order valence-corrected chi connectivity index (χ3v) is 4.63. The topological polar surface area (TPSA) is 74.8 Å². The Balaban J connectivity index is 1.82. The molecule has 28 heavy (non-hydrogen) atoms. The first kappa shape index (κ1) is 19.8. The van der Waals surface area contributed by atoms with Crippen LogP contribution in [0, 0.1) is 13.8 Å². The molecular weight excluding hydrogens is 374 g/mol. The molecule has 2 N–H and O–H groups in total. The second kappa shape index (κ2) is 8.85. The summed E-state index contributed by atoms with van der Waals surface area (Å²) < 4.78 is 0. The van der Waals surface area contributed by atoms with E-state index in [0.717, 1.165) is 16.7 Å². The van der Waals surface area contributed by atoms with E-state index in [1.807, 2.05) is 43.3 Å². The van der Waals surface area contributed by atoms with E-state index in [1.165, 1.54) is 6.07 Å². The van der Waals surface area contributed by atoms with E-state index in [4.69, 9.17) is 11.6 Å². The van der Waals surface area contributed by atoms with Crippen molar-refractivity contribution in [3.8, 4) is 0 Å². The van der Waals surface area contributed by atoms with Gasteiger partial charge < -0.3 is 10.3 Å². The minimum absolute atomic E-state index is 0.0906. The van der Waals surface area contributed by atoms with Crippen LogP contribution in [0.5, 0.6) is 0 Å². The van der Waals surface area contributed by atoms with Crippen molar-refractivity contribution in [3.63, 3.8) is 0 Å². The Morgan fingerprint density at radius 1 is 1.14 bits per heavy atom. The molecule has 0 radical (unpaired) electrons. The molecule has 0 aliphatic rings. The monoisotopic (exact) mass is 395 g/mol. The standard InChI is InChI=1S/C22H22ClN3O2/c1-14-4-3-5-16(10-14)11-21(27)26-20(17-6-8-18(23)9-7-17)12-19-13-22(28)25-15(2)24-19/h3-10,13,20H,11-12H2,1-2H3,(H,26,27)(H,24,25,28). The molecule has 5 nitrogen and oxygen atoms in total. The molecule has 1 heterocycles. The molecule has 6 heteroatoms. The molecule has 0 saturated heterocycles. The van der Waals surface area contributed by atoms with E-state index >= 15 is 0 Å². The zero-order valence-electron chi connectivity index (χ0n) is 15.8. The van der Waals surface area contributed by atoms with Crippen LogP contribution in [0.2, 0.25) is 5.02 Å². The van der Waals surface area contributed by atoms with Gasteiger partial charge in [0, 0.05) is 17.5 Å². The number of halogens is 1. The van der Waals surface area contributed by atoms with E-state index in [-0.39, 0.29) is 23.9 Å². The highest BCUT2D eigenvalue weighted by molar-refractivity contribution is 6.30. The van der Waals surface area contributed by atoms with Gasteiger partial charge in [0.25, 0.3) is 5.56 Å². The number of nitrogens with zero attached hydrogens (tertiary/aromatic N) is 1. The molecule has 1 atom stereocenters. The number of rotatable bonds is 6. The van der Waals surface area contributed by atoms with Crippen molar-refractivity contribution < 1.29 is 4.79 Å². The smallest absolute Gasteiger partial charge is 0.251 e. The maximum Gasteiger partial charge on any atom is 0.251 e. The van der Waals surface area contributed by atoms with E-state index < -0.39 is 0 Å². The van der Waals surface area contributed by atoms with E-state index in [9.17, 15) is 9.59 Å². The van der Waals surface area contributed by atoms with Gasteiger partial charge in [0.2, 0.25) is 5.91 Å². The van der Waals surface area contributed by atoms with Crippen LogP contribution in [0.25, 0.3) is 0 Å². The van der Waals surface area contributed by atoms with Crippen molar-refractivity contribution in [2.75, 3.05) is 0 Å². The molecule has 0 saturated carbocycles. The zero-order valence-corrected chi connectivity index (χ0v) is 16.6. The molecule has 0 spiro atoms. The van der Waals surface area contributed by atoms with Crippen LogP contribution in [-0.4, -0.2) is 15.9 Å². The summed E-state index contributed by atoms with van der Waals surface area (Å²) in [6.45, 7) is 3.73. The minimum Gasteiger partial charge on any atom is -0.349 e. The van der Waals surface area contributed by atoms with Gasteiger partial charge in [-0.3, -0.25) is 9.59 Å². The molecule has 2 aromatic carbocycles. The molecule has 1 unspecified atom stereocenters. The third kappa shape index (κ3) is 5.54. The number of nitrogens with one attached hydrogen (secondary N) is 2. The molecule has 1 aromatic heterocycles. The lowest BCUT2D eigenvalue weighted by atomic mass is 10.0.